The fourth-order valence-corrected chi connectivity index (χ4v) is 3.97. The fraction of sp³-hybridized carbons (Fsp3) is 0.333. The first-order chi connectivity index (χ1) is 13.1. The molecule has 0 amide bonds. The predicted molar refractivity (Wildman–Crippen MR) is 110 cm³/mol. The van der Waals surface area contributed by atoms with E-state index in [-0.39, 0.29) is 5.56 Å². The molecule has 0 aliphatic carbocycles. The number of benzene rings is 1. The second kappa shape index (κ2) is 7.71. The summed E-state index contributed by atoms with van der Waals surface area (Å²) in [6, 6.07) is 13.6. The lowest BCUT2D eigenvalue weighted by atomic mass is 10.1. The molecule has 1 aliphatic heterocycles. The molecule has 140 valence electrons. The molecule has 0 unspecified atom stereocenters. The van der Waals surface area contributed by atoms with Crippen LogP contribution in [0.1, 0.15) is 11.3 Å². The molecule has 0 N–H and O–H groups in total. The first-order valence-electron chi connectivity index (χ1n) is 9.32. The molecule has 2 aromatic heterocycles. The summed E-state index contributed by atoms with van der Waals surface area (Å²) < 4.78 is 1.64. The van der Waals surface area contributed by atoms with Crippen LogP contribution in [-0.4, -0.2) is 47.0 Å². The molecule has 6 heteroatoms. The molecule has 1 aromatic carbocycles. The van der Waals surface area contributed by atoms with E-state index in [2.05, 4.69) is 20.9 Å². The van der Waals surface area contributed by atoms with Crippen LogP contribution in [0.2, 0.25) is 5.02 Å². The van der Waals surface area contributed by atoms with Gasteiger partial charge >= 0.3 is 0 Å². The summed E-state index contributed by atoms with van der Waals surface area (Å²) in [6.45, 7) is 6.61. The van der Waals surface area contributed by atoms with Gasteiger partial charge in [-0.25, -0.2) is 4.98 Å². The quantitative estimate of drug-likeness (QED) is 0.695. The van der Waals surface area contributed by atoms with Gasteiger partial charge in [0, 0.05) is 50.2 Å². The summed E-state index contributed by atoms with van der Waals surface area (Å²) in [5, 5.41) is 0.803. The van der Waals surface area contributed by atoms with Gasteiger partial charge in [0.15, 0.2) is 0 Å². The van der Waals surface area contributed by atoms with Crippen molar-refractivity contribution >= 4 is 22.9 Å². The van der Waals surface area contributed by atoms with Gasteiger partial charge in [0.1, 0.15) is 5.65 Å². The first-order valence-corrected chi connectivity index (χ1v) is 9.70. The summed E-state index contributed by atoms with van der Waals surface area (Å²) in [5.41, 5.74) is 3.50. The summed E-state index contributed by atoms with van der Waals surface area (Å²) >= 11 is 6.32. The van der Waals surface area contributed by atoms with Gasteiger partial charge in [-0.15, -0.1) is 0 Å². The molecule has 0 saturated carbocycles. The van der Waals surface area contributed by atoms with E-state index in [0.29, 0.717) is 5.65 Å². The van der Waals surface area contributed by atoms with E-state index in [9.17, 15) is 4.79 Å². The Kier molecular flexibility index (Phi) is 5.14. The van der Waals surface area contributed by atoms with Gasteiger partial charge in [0.2, 0.25) is 0 Å². The molecule has 5 nitrogen and oxygen atoms in total. The minimum absolute atomic E-state index is 0.0489. The maximum atomic E-state index is 12.8. The zero-order valence-electron chi connectivity index (χ0n) is 15.4. The lowest BCUT2D eigenvalue weighted by molar-refractivity contribution is 0.260. The summed E-state index contributed by atoms with van der Waals surface area (Å²) in [6.07, 6.45) is 2.51. The van der Waals surface area contributed by atoms with Gasteiger partial charge < -0.3 is 4.90 Å². The van der Waals surface area contributed by atoms with Crippen molar-refractivity contribution < 1.29 is 0 Å². The van der Waals surface area contributed by atoms with Crippen LogP contribution >= 0.6 is 11.6 Å². The zero-order chi connectivity index (χ0) is 18.8. The van der Waals surface area contributed by atoms with E-state index >= 15 is 0 Å². The standard InChI is InChI=1S/C21H23ClN4O/c1-16-17(21(27)26-10-5-4-8-20(26)23-16)9-11-24-12-14-25(15-13-24)19-7-3-2-6-18(19)22/h2-8,10H,9,11-15H2,1H3. The maximum absolute atomic E-state index is 12.8. The second-order valence-electron chi connectivity index (χ2n) is 6.94. The number of rotatable bonds is 4. The topological polar surface area (TPSA) is 40.9 Å². The Labute approximate surface area is 163 Å². The van der Waals surface area contributed by atoms with Crippen molar-refractivity contribution in [3.63, 3.8) is 0 Å². The van der Waals surface area contributed by atoms with Crippen molar-refractivity contribution in [2.75, 3.05) is 37.6 Å². The van der Waals surface area contributed by atoms with E-state index in [4.69, 9.17) is 11.6 Å². The minimum atomic E-state index is 0.0489. The highest BCUT2D eigenvalue weighted by Crippen LogP contribution is 2.26. The molecule has 0 spiro atoms. The Morgan fingerprint density at radius 2 is 1.78 bits per heavy atom. The largest absolute Gasteiger partial charge is 0.368 e. The highest BCUT2D eigenvalue weighted by molar-refractivity contribution is 6.33. The van der Waals surface area contributed by atoms with E-state index in [0.717, 1.165) is 61.1 Å². The minimum Gasteiger partial charge on any atom is -0.368 e. The van der Waals surface area contributed by atoms with Crippen LogP contribution in [0.5, 0.6) is 0 Å². The smallest absolute Gasteiger partial charge is 0.261 e. The van der Waals surface area contributed by atoms with E-state index < -0.39 is 0 Å². The van der Waals surface area contributed by atoms with Crippen LogP contribution in [0.25, 0.3) is 5.65 Å². The van der Waals surface area contributed by atoms with Crippen molar-refractivity contribution in [1.29, 1.82) is 0 Å². The van der Waals surface area contributed by atoms with E-state index in [1.807, 2.05) is 43.3 Å². The van der Waals surface area contributed by atoms with Crippen molar-refractivity contribution in [2.45, 2.75) is 13.3 Å². The molecule has 3 aromatic rings. The summed E-state index contributed by atoms with van der Waals surface area (Å²) in [5.74, 6) is 0. The summed E-state index contributed by atoms with van der Waals surface area (Å²) in [7, 11) is 0. The van der Waals surface area contributed by atoms with Gasteiger partial charge in [0.25, 0.3) is 5.56 Å². The molecule has 0 radical (unpaired) electrons. The van der Waals surface area contributed by atoms with E-state index in [1.54, 1.807) is 10.6 Å². The Hall–Kier alpha value is -2.37. The third-order valence-electron chi connectivity index (χ3n) is 5.28. The molecule has 0 atom stereocenters. The third kappa shape index (κ3) is 3.70. The number of hydrogen-bond acceptors (Lipinski definition) is 4. The van der Waals surface area contributed by atoms with Crippen LogP contribution in [0.3, 0.4) is 0 Å². The van der Waals surface area contributed by atoms with Crippen LogP contribution in [0, 0.1) is 6.92 Å². The number of aromatic nitrogens is 2. The number of piperazine rings is 1. The highest BCUT2D eigenvalue weighted by atomic mass is 35.5. The van der Waals surface area contributed by atoms with Gasteiger partial charge in [0.05, 0.1) is 10.7 Å². The predicted octanol–water partition coefficient (Wildman–Crippen LogP) is 3.02. The number of aryl methyl sites for hydroxylation is 1. The van der Waals surface area contributed by atoms with Crippen molar-refractivity contribution in [3.05, 3.63) is 75.3 Å². The zero-order valence-corrected chi connectivity index (χ0v) is 16.2. The van der Waals surface area contributed by atoms with Crippen molar-refractivity contribution in [3.8, 4) is 0 Å². The second-order valence-corrected chi connectivity index (χ2v) is 7.35. The highest BCUT2D eigenvalue weighted by Gasteiger charge is 2.19. The van der Waals surface area contributed by atoms with Crippen molar-refractivity contribution in [1.82, 2.24) is 14.3 Å². The SMILES string of the molecule is Cc1nc2ccccn2c(=O)c1CCN1CCN(c2ccccc2Cl)CC1. The lowest BCUT2D eigenvalue weighted by Gasteiger charge is -2.36. The molecule has 3 heterocycles. The molecule has 1 aliphatic rings. The maximum Gasteiger partial charge on any atom is 0.261 e. The number of nitrogens with zero attached hydrogens (tertiary/aromatic N) is 4. The van der Waals surface area contributed by atoms with Crippen LogP contribution in [0.15, 0.2) is 53.5 Å². The fourth-order valence-electron chi connectivity index (χ4n) is 3.71. The number of anilines is 1. The molecule has 0 bridgehead atoms. The molecule has 1 saturated heterocycles. The Morgan fingerprint density at radius 3 is 2.56 bits per heavy atom. The Morgan fingerprint density at radius 1 is 1.04 bits per heavy atom. The molecular formula is C21H23ClN4O. The van der Waals surface area contributed by atoms with Crippen molar-refractivity contribution in [2.24, 2.45) is 0 Å². The van der Waals surface area contributed by atoms with Gasteiger partial charge in [-0.05, 0) is 37.6 Å². The molecule has 1 fully saturated rings. The lowest BCUT2D eigenvalue weighted by Crippen LogP contribution is -2.47. The van der Waals surface area contributed by atoms with Crippen LogP contribution in [-0.2, 0) is 6.42 Å². The molecular weight excluding hydrogens is 360 g/mol. The Bertz CT molecular complexity index is 1010. The molecule has 4 rings (SSSR count). The van der Waals surface area contributed by atoms with Gasteiger partial charge in [-0.3, -0.25) is 14.1 Å². The molecule has 27 heavy (non-hydrogen) atoms. The number of fused-ring (bicyclic) bond motifs is 1. The van der Waals surface area contributed by atoms with E-state index in [1.165, 1.54) is 0 Å². The number of hydrogen-bond donors (Lipinski definition) is 0. The number of halogens is 1. The average molecular weight is 383 g/mol. The normalized spacial score (nSPS) is 15.4. The van der Waals surface area contributed by atoms with Gasteiger partial charge in [-0.2, -0.15) is 0 Å². The van der Waals surface area contributed by atoms with Gasteiger partial charge in [-0.1, -0.05) is 29.8 Å². The average Bonchev–Trinajstić information content (AvgIpc) is 2.69. The number of para-hydroxylation sites is 1. The number of pyridine rings is 1. The monoisotopic (exact) mass is 382 g/mol. The first kappa shape index (κ1) is 18.0. The van der Waals surface area contributed by atoms with Crippen LogP contribution < -0.4 is 10.5 Å². The Balaban J connectivity index is 1.41. The van der Waals surface area contributed by atoms with Crippen LogP contribution in [0.4, 0.5) is 5.69 Å². The summed E-state index contributed by atoms with van der Waals surface area (Å²) in [4.78, 5) is 22.1. The third-order valence-corrected chi connectivity index (χ3v) is 5.60.